The average Bonchev–Trinajstić information content (AvgIpc) is 3.22. The highest BCUT2D eigenvalue weighted by Gasteiger charge is 2.18. The third kappa shape index (κ3) is 4.87. The van der Waals surface area contributed by atoms with Crippen molar-refractivity contribution in [1.29, 1.82) is 5.53 Å². The number of carbonyl (C=O) groups excluding carboxylic acids is 2. The van der Waals surface area contributed by atoms with Gasteiger partial charge in [0.05, 0.1) is 5.69 Å². The van der Waals surface area contributed by atoms with Gasteiger partial charge >= 0.3 is 0 Å². The third-order valence-electron chi connectivity index (χ3n) is 4.74. The van der Waals surface area contributed by atoms with Crippen LogP contribution in [0.25, 0.3) is 5.69 Å². The molecule has 10 nitrogen and oxygen atoms in total. The van der Waals surface area contributed by atoms with Crippen LogP contribution in [0, 0.1) is 12.5 Å². The lowest BCUT2D eigenvalue weighted by atomic mass is 10.1. The second-order valence-electron chi connectivity index (χ2n) is 6.98. The van der Waals surface area contributed by atoms with E-state index in [9.17, 15) is 9.59 Å². The first-order valence-corrected chi connectivity index (χ1v) is 9.93. The van der Waals surface area contributed by atoms with E-state index >= 15 is 0 Å². The van der Waals surface area contributed by atoms with E-state index in [-0.39, 0.29) is 17.8 Å². The summed E-state index contributed by atoms with van der Waals surface area (Å²) in [5, 5.41) is 13.4. The van der Waals surface area contributed by atoms with Crippen molar-refractivity contribution in [3.63, 3.8) is 0 Å². The molecule has 4 aromatic rings. The van der Waals surface area contributed by atoms with E-state index < -0.39 is 5.91 Å². The minimum absolute atomic E-state index is 0.0496. The number of aromatic nitrogens is 3. The fourth-order valence-corrected chi connectivity index (χ4v) is 3.10. The van der Waals surface area contributed by atoms with Crippen LogP contribution in [0.15, 0.2) is 84.0 Å². The van der Waals surface area contributed by atoms with Gasteiger partial charge in [0.25, 0.3) is 17.8 Å². The zero-order valence-corrected chi connectivity index (χ0v) is 17.6. The normalized spacial score (nSPS) is 10.2. The maximum Gasteiger partial charge on any atom is 0.258 e. The molecule has 4 rings (SSSR count). The monoisotopic (exact) mass is 439 g/mol. The number of nitrogens with one attached hydrogen (secondary N) is 3. The molecule has 0 saturated heterocycles. The molecule has 2 amide bonds. The lowest BCUT2D eigenvalue weighted by molar-refractivity contribution is 0.101. The summed E-state index contributed by atoms with van der Waals surface area (Å²) >= 11 is 0. The Hall–Kier alpha value is -4.95. The minimum atomic E-state index is -0.425. The standard InChI is InChI=1S/C23H18N8O2/c1-15-7-5-6-10-19(15)21(33)25-22-27-23(31(29-22)18-8-3-2-4-9-18)26-20(32)16-11-13-17(14-12-16)28-30-24/h2-14H,1H3,(H2-,24,25,26,27,28,29,32,33)/p+1. The van der Waals surface area contributed by atoms with Crippen LogP contribution in [-0.2, 0) is 0 Å². The van der Waals surface area contributed by atoms with Crippen LogP contribution in [0.1, 0.15) is 26.3 Å². The van der Waals surface area contributed by atoms with Gasteiger partial charge < -0.3 is 0 Å². The molecule has 10 heteroatoms. The Morgan fingerprint density at radius 1 is 0.909 bits per heavy atom. The topological polar surface area (TPSA) is 139 Å². The molecule has 0 radical (unpaired) electrons. The number of hydrogen-bond donors (Lipinski definition) is 3. The predicted molar refractivity (Wildman–Crippen MR) is 122 cm³/mol. The first-order valence-electron chi connectivity index (χ1n) is 9.93. The zero-order chi connectivity index (χ0) is 23.2. The number of nitrogens with zero attached hydrogens (tertiary/aromatic N) is 5. The molecule has 1 heterocycles. The minimum Gasteiger partial charge on any atom is -0.290 e. The second kappa shape index (κ2) is 9.46. The van der Waals surface area contributed by atoms with Crippen LogP contribution in [0.3, 0.4) is 0 Å². The largest absolute Gasteiger partial charge is 0.290 e. The number of carbonyl (C=O) groups is 2. The molecule has 3 aromatic carbocycles. The first-order chi connectivity index (χ1) is 16.0. The Balaban J connectivity index is 1.63. The highest BCUT2D eigenvalue weighted by atomic mass is 16.2. The summed E-state index contributed by atoms with van der Waals surface area (Å²) in [7, 11) is 0. The van der Waals surface area contributed by atoms with Crippen molar-refractivity contribution in [2.75, 3.05) is 10.6 Å². The van der Waals surface area contributed by atoms with E-state index in [1.807, 2.05) is 37.3 Å². The second-order valence-corrected chi connectivity index (χ2v) is 6.98. The fourth-order valence-electron chi connectivity index (χ4n) is 3.10. The van der Waals surface area contributed by atoms with Crippen molar-refractivity contribution in [2.24, 2.45) is 5.11 Å². The molecular weight excluding hydrogens is 420 g/mol. The van der Waals surface area contributed by atoms with Crippen LogP contribution in [0.5, 0.6) is 0 Å². The molecule has 0 spiro atoms. The van der Waals surface area contributed by atoms with Gasteiger partial charge in [0.1, 0.15) is 5.53 Å². The number of aryl methyl sites for hydroxylation is 1. The van der Waals surface area contributed by atoms with E-state index in [1.165, 1.54) is 4.68 Å². The van der Waals surface area contributed by atoms with Gasteiger partial charge in [-0.1, -0.05) is 36.4 Å². The Bertz CT molecular complexity index is 1360. The van der Waals surface area contributed by atoms with Gasteiger partial charge in [-0.25, -0.2) is 0 Å². The van der Waals surface area contributed by atoms with Crippen LogP contribution < -0.4 is 15.5 Å². The average molecular weight is 439 g/mol. The summed E-state index contributed by atoms with van der Waals surface area (Å²) in [6.45, 7) is 1.84. The Morgan fingerprint density at radius 3 is 2.30 bits per heavy atom. The molecule has 0 aliphatic rings. The smallest absolute Gasteiger partial charge is 0.258 e. The highest BCUT2D eigenvalue weighted by Crippen LogP contribution is 2.19. The molecule has 33 heavy (non-hydrogen) atoms. The Kier molecular flexibility index (Phi) is 6.10. The van der Waals surface area contributed by atoms with Crippen molar-refractivity contribution in [3.8, 4) is 5.69 Å². The Labute approximate surface area is 188 Å². The van der Waals surface area contributed by atoms with Gasteiger partial charge in [-0.15, -0.1) is 5.10 Å². The van der Waals surface area contributed by atoms with Gasteiger partial charge in [0, 0.05) is 11.1 Å². The van der Waals surface area contributed by atoms with Crippen molar-refractivity contribution in [2.45, 2.75) is 6.92 Å². The maximum absolute atomic E-state index is 12.8. The van der Waals surface area contributed by atoms with Crippen molar-refractivity contribution in [3.05, 3.63) is 95.6 Å². The number of rotatable bonds is 6. The lowest BCUT2D eigenvalue weighted by Crippen LogP contribution is -2.15. The van der Waals surface area contributed by atoms with E-state index in [2.05, 4.69) is 30.7 Å². The summed E-state index contributed by atoms with van der Waals surface area (Å²) in [4.78, 5) is 32.8. The summed E-state index contributed by atoms with van der Waals surface area (Å²) < 4.78 is 1.44. The predicted octanol–water partition coefficient (Wildman–Crippen LogP) is 4.26. The number of amides is 2. The number of para-hydroxylation sites is 1. The molecule has 0 bridgehead atoms. The maximum atomic E-state index is 12.8. The van der Waals surface area contributed by atoms with Gasteiger partial charge in [0.2, 0.25) is 10.9 Å². The van der Waals surface area contributed by atoms with Gasteiger partial charge in [-0.2, -0.15) is 9.67 Å². The van der Waals surface area contributed by atoms with Crippen LogP contribution in [0.4, 0.5) is 17.6 Å². The molecular formula is C23H19N8O2+. The third-order valence-corrected chi connectivity index (χ3v) is 4.74. The number of anilines is 2. The number of benzene rings is 3. The van der Waals surface area contributed by atoms with E-state index in [0.29, 0.717) is 22.5 Å². The van der Waals surface area contributed by atoms with Crippen molar-refractivity contribution >= 4 is 29.4 Å². The highest BCUT2D eigenvalue weighted by molar-refractivity contribution is 6.05. The van der Waals surface area contributed by atoms with Gasteiger partial charge in [-0.05, 0) is 55.0 Å². The quantitative estimate of drug-likeness (QED) is 0.305. The first kappa shape index (κ1) is 21.3. The molecule has 0 unspecified atom stereocenters. The molecule has 1 aromatic heterocycles. The summed E-state index contributed by atoms with van der Waals surface area (Å²) in [5.41, 5.74) is 9.57. The molecule has 0 aliphatic heterocycles. The Morgan fingerprint density at radius 2 is 1.61 bits per heavy atom. The summed E-state index contributed by atoms with van der Waals surface area (Å²) in [5.74, 6) is -0.587. The summed E-state index contributed by atoms with van der Waals surface area (Å²) in [6, 6.07) is 22.6. The van der Waals surface area contributed by atoms with E-state index in [0.717, 1.165) is 5.56 Å². The molecule has 3 N–H and O–H groups in total. The van der Waals surface area contributed by atoms with Crippen LogP contribution in [0.2, 0.25) is 0 Å². The fraction of sp³-hybridized carbons (Fsp3) is 0.0435. The van der Waals surface area contributed by atoms with E-state index in [4.69, 9.17) is 5.53 Å². The molecule has 0 saturated carbocycles. The molecule has 0 aliphatic carbocycles. The molecule has 0 fully saturated rings. The molecule has 0 atom stereocenters. The van der Waals surface area contributed by atoms with Crippen molar-refractivity contribution in [1.82, 2.24) is 19.7 Å². The van der Waals surface area contributed by atoms with Gasteiger partial charge in [-0.3, -0.25) is 20.2 Å². The zero-order valence-electron chi connectivity index (χ0n) is 17.6. The lowest BCUT2D eigenvalue weighted by Gasteiger charge is -2.07. The van der Waals surface area contributed by atoms with Crippen LogP contribution in [-0.4, -0.2) is 26.6 Å². The van der Waals surface area contributed by atoms with Gasteiger partial charge in [0.15, 0.2) is 10.8 Å². The SMILES string of the molecule is Cc1ccccc1C(=O)Nc1nc(NC(=O)c2ccc(N=[N+]=N)cc2)n(-c2ccccc2)n1. The van der Waals surface area contributed by atoms with Crippen LogP contribution >= 0.6 is 0 Å². The van der Waals surface area contributed by atoms with E-state index in [1.54, 1.807) is 48.5 Å². The molecule has 162 valence electrons. The van der Waals surface area contributed by atoms with Crippen molar-refractivity contribution < 1.29 is 9.59 Å². The number of hydrogen-bond acceptors (Lipinski definition) is 6. The summed E-state index contributed by atoms with van der Waals surface area (Å²) in [6.07, 6.45) is 0.